The van der Waals surface area contributed by atoms with Gasteiger partial charge in [-0.15, -0.1) is 0 Å². The summed E-state index contributed by atoms with van der Waals surface area (Å²) < 4.78 is 17.7. The van der Waals surface area contributed by atoms with E-state index in [-0.39, 0.29) is 11.3 Å². The average Bonchev–Trinajstić information content (AvgIpc) is 2.87. The maximum Gasteiger partial charge on any atom is 0.410 e. The molecule has 1 aliphatic heterocycles. The van der Waals surface area contributed by atoms with E-state index in [4.69, 9.17) is 4.74 Å². The van der Waals surface area contributed by atoms with Crippen LogP contribution in [-0.2, 0) is 21.3 Å². The van der Waals surface area contributed by atoms with E-state index in [2.05, 4.69) is 4.98 Å². The fourth-order valence-corrected chi connectivity index (χ4v) is 3.67. The number of carbonyl (C=O) groups excluding carboxylic acids is 1. The van der Waals surface area contributed by atoms with Crippen LogP contribution in [0.3, 0.4) is 0 Å². The lowest BCUT2D eigenvalue weighted by molar-refractivity contribution is 0.0295. The second-order valence-electron chi connectivity index (χ2n) is 6.22. The van der Waals surface area contributed by atoms with E-state index >= 15 is 0 Å². The first-order chi connectivity index (χ1) is 9.85. The van der Waals surface area contributed by atoms with Gasteiger partial charge in [-0.3, -0.25) is 9.19 Å². The lowest BCUT2D eigenvalue weighted by atomic mass is 10.2. The third-order valence-corrected chi connectivity index (χ3v) is 4.97. The molecule has 0 bridgehead atoms. The molecule has 1 amide bonds. The van der Waals surface area contributed by atoms with Gasteiger partial charge < -0.3 is 9.64 Å². The van der Waals surface area contributed by atoms with E-state index < -0.39 is 16.4 Å². The van der Waals surface area contributed by atoms with Crippen LogP contribution in [0, 0.1) is 0 Å². The zero-order valence-corrected chi connectivity index (χ0v) is 13.6. The largest absolute Gasteiger partial charge is 0.444 e. The van der Waals surface area contributed by atoms with Gasteiger partial charge in [-0.05, 0) is 44.9 Å². The summed E-state index contributed by atoms with van der Waals surface area (Å²) in [6.45, 7) is 6.66. The second kappa shape index (κ2) is 6.56. The van der Waals surface area contributed by atoms with Crippen LogP contribution in [0.4, 0.5) is 4.79 Å². The molecule has 0 spiro atoms. The van der Waals surface area contributed by atoms with E-state index in [1.54, 1.807) is 17.3 Å². The first-order valence-electron chi connectivity index (χ1n) is 7.09. The van der Waals surface area contributed by atoms with Gasteiger partial charge in [0.25, 0.3) is 0 Å². The molecule has 21 heavy (non-hydrogen) atoms. The molecule has 2 rings (SSSR count). The van der Waals surface area contributed by atoms with Crippen molar-refractivity contribution in [3.05, 3.63) is 30.1 Å². The Balaban J connectivity index is 1.87. The summed E-state index contributed by atoms with van der Waals surface area (Å²) in [6, 6.07) is 3.75. The molecule has 0 saturated carbocycles. The van der Waals surface area contributed by atoms with E-state index in [1.807, 2.05) is 32.9 Å². The molecule has 1 fully saturated rings. The molecule has 1 aliphatic rings. The fraction of sp³-hybridized carbons (Fsp3) is 0.600. The summed E-state index contributed by atoms with van der Waals surface area (Å²) in [7, 11) is -0.984. The van der Waals surface area contributed by atoms with Crippen LogP contribution in [0.25, 0.3) is 0 Å². The molecule has 1 aromatic rings. The van der Waals surface area contributed by atoms with Crippen LogP contribution in [0.1, 0.15) is 32.8 Å². The highest BCUT2D eigenvalue weighted by Crippen LogP contribution is 2.20. The van der Waals surface area contributed by atoms with Crippen molar-refractivity contribution < 1.29 is 13.7 Å². The Morgan fingerprint density at radius 3 is 2.71 bits per heavy atom. The molecular formula is C15H22N2O3S. The minimum atomic E-state index is -0.984. The molecule has 116 valence electrons. The zero-order valence-electron chi connectivity index (χ0n) is 12.7. The molecule has 0 unspecified atom stereocenters. The number of pyridine rings is 1. The molecule has 2 heterocycles. The third kappa shape index (κ3) is 4.81. The Morgan fingerprint density at radius 2 is 2.10 bits per heavy atom. The Labute approximate surface area is 128 Å². The number of hydrogen-bond acceptors (Lipinski definition) is 4. The van der Waals surface area contributed by atoms with E-state index in [0.717, 1.165) is 12.0 Å². The van der Waals surface area contributed by atoms with Gasteiger partial charge >= 0.3 is 6.09 Å². The van der Waals surface area contributed by atoms with Crippen LogP contribution in [0.2, 0.25) is 0 Å². The summed E-state index contributed by atoms with van der Waals surface area (Å²) in [5, 5.41) is 0.0192. The molecule has 5 nitrogen and oxygen atoms in total. The predicted molar refractivity (Wildman–Crippen MR) is 82.3 cm³/mol. The molecule has 0 aliphatic carbocycles. The van der Waals surface area contributed by atoms with Gasteiger partial charge in [-0.1, -0.05) is 0 Å². The summed E-state index contributed by atoms with van der Waals surface area (Å²) in [5.41, 5.74) is 0.518. The highest BCUT2D eigenvalue weighted by atomic mass is 32.2. The fourth-order valence-electron chi connectivity index (χ4n) is 2.20. The first kappa shape index (κ1) is 15.9. The highest BCUT2D eigenvalue weighted by Gasteiger charge is 2.32. The van der Waals surface area contributed by atoms with Gasteiger partial charge in [0.05, 0.1) is 5.25 Å². The van der Waals surface area contributed by atoms with Crippen molar-refractivity contribution in [1.29, 1.82) is 0 Å². The van der Waals surface area contributed by atoms with E-state index in [0.29, 0.717) is 18.8 Å². The molecule has 1 aromatic heterocycles. The highest BCUT2D eigenvalue weighted by molar-refractivity contribution is 7.84. The predicted octanol–water partition coefficient (Wildman–Crippen LogP) is 2.34. The third-order valence-electron chi connectivity index (χ3n) is 3.23. The Bertz CT molecular complexity index is 513. The van der Waals surface area contributed by atoms with Crippen molar-refractivity contribution in [2.75, 3.05) is 13.1 Å². The van der Waals surface area contributed by atoms with Gasteiger partial charge in [-0.2, -0.15) is 0 Å². The number of aromatic nitrogens is 1. The number of rotatable bonds is 3. The number of carbonyl (C=O) groups is 1. The van der Waals surface area contributed by atoms with Gasteiger partial charge in [0.1, 0.15) is 5.60 Å². The number of amides is 1. The van der Waals surface area contributed by atoms with Crippen molar-refractivity contribution in [1.82, 2.24) is 9.88 Å². The van der Waals surface area contributed by atoms with Crippen LogP contribution in [0.5, 0.6) is 0 Å². The lowest BCUT2D eigenvalue weighted by Crippen LogP contribution is -2.36. The topological polar surface area (TPSA) is 59.5 Å². The van der Waals surface area contributed by atoms with Crippen LogP contribution in [0.15, 0.2) is 24.5 Å². The standard InChI is InChI=1S/C15H22N2O3S/c1-15(2,3)20-14(18)17-9-6-13(10-17)21(19)11-12-4-7-16-8-5-12/h4-5,7-8,13H,6,9-11H2,1-3H3/t13-,21+/m0/s1. The smallest absolute Gasteiger partial charge is 0.410 e. The Hall–Kier alpha value is -1.43. The van der Waals surface area contributed by atoms with Gasteiger partial charge in [0.2, 0.25) is 0 Å². The number of ether oxygens (including phenoxy) is 1. The maximum absolute atomic E-state index is 12.4. The zero-order chi connectivity index (χ0) is 15.5. The first-order valence-corrected chi connectivity index (χ1v) is 8.47. The molecule has 0 radical (unpaired) electrons. The number of likely N-dealkylation sites (tertiary alicyclic amines) is 1. The summed E-state index contributed by atoms with van der Waals surface area (Å²) in [4.78, 5) is 17.6. The molecule has 2 atom stereocenters. The van der Waals surface area contributed by atoms with Crippen LogP contribution < -0.4 is 0 Å². The normalized spacial score (nSPS) is 20.3. The number of hydrogen-bond donors (Lipinski definition) is 0. The Kier molecular flexibility index (Phi) is 4.98. The van der Waals surface area contributed by atoms with Crippen LogP contribution in [-0.4, -0.2) is 44.1 Å². The van der Waals surface area contributed by atoms with Crippen molar-refractivity contribution in [2.24, 2.45) is 0 Å². The summed E-state index contributed by atoms with van der Waals surface area (Å²) >= 11 is 0. The average molecular weight is 310 g/mol. The Morgan fingerprint density at radius 1 is 1.43 bits per heavy atom. The molecule has 6 heteroatoms. The van der Waals surface area contributed by atoms with E-state index in [1.165, 1.54) is 0 Å². The molecule has 0 aromatic carbocycles. The van der Waals surface area contributed by atoms with E-state index in [9.17, 15) is 9.00 Å². The lowest BCUT2D eigenvalue weighted by Gasteiger charge is -2.24. The van der Waals surface area contributed by atoms with Crippen molar-refractivity contribution >= 4 is 16.9 Å². The van der Waals surface area contributed by atoms with Crippen molar-refractivity contribution in [3.63, 3.8) is 0 Å². The molecular weight excluding hydrogens is 288 g/mol. The second-order valence-corrected chi connectivity index (χ2v) is 7.93. The maximum atomic E-state index is 12.4. The quantitative estimate of drug-likeness (QED) is 0.860. The van der Waals surface area contributed by atoms with Crippen LogP contribution >= 0.6 is 0 Å². The summed E-state index contributed by atoms with van der Waals surface area (Å²) in [5.74, 6) is 0.509. The number of nitrogens with zero attached hydrogens (tertiary/aromatic N) is 2. The molecule has 1 saturated heterocycles. The van der Waals surface area contributed by atoms with Gasteiger partial charge in [0.15, 0.2) is 0 Å². The SMILES string of the molecule is CC(C)(C)OC(=O)N1CC[C@H]([S@](=O)Cc2ccncc2)C1. The van der Waals surface area contributed by atoms with Gasteiger partial charge in [0, 0.05) is 42.0 Å². The minimum Gasteiger partial charge on any atom is -0.444 e. The van der Waals surface area contributed by atoms with Crippen molar-refractivity contribution in [2.45, 2.75) is 43.8 Å². The van der Waals surface area contributed by atoms with Gasteiger partial charge in [-0.25, -0.2) is 4.79 Å². The minimum absolute atomic E-state index is 0.0192. The van der Waals surface area contributed by atoms with Crippen molar-refractivity contribution in [3.8, 4) is 0 Å². The monoisotopic (exact) mass is 310 g/mol. The summed E-state index contributed by atoms with van der Waals surface area (Å²) in [6.07, 6.45) is 3.85. The molecule has 0 N–H and O–H groups in total.